The summed E-state index contributed by atoms with van der Waals surface area (Å²) in [5.41, 5.74) is 2.07. The fourth-order valence-corrected chi connectivity index (χ4v) is 5.64. The number of aliphatic hydroxyl groups is 6. The van der Waals surface area contributed by atoms with Gasteiger partial charge in [-0.1, -0.05) is 35.9 Å². The monoisotopic (exact) mass is 626 g/mol. The van der Waals surface area contributed by atoms with Gasteiger partial charge in [0.25, 0.3) is 0 Å². The minimum atomic E-state index is -1.95. The van der Waals surface area contributed by atoms with Crippen LogP contribution in [0.5, 0.6) is 5.75 Å². The standard InChI is InChI=1S/C29H35ClO13/c30-18-6-3-14(10-15(18)9-13-1-4-16(5-2-13)40-17-7-8-39-12-17)25-24(36)26(20(32)19(11-31)41-25)42-29-23(35)21(33)22(34)27(43-29)28(37)38/h1-6,10,17,19-27,29,31-36H,7-9,11-12H2,(H,37,38)/t17-,19+,20+,21-,22-,23+,24-,25-,26-,27-,29+/m0/s1. The molecule has 236 valence electrons. The van der Waals surface area contributed by atoms with Gasteiger partial charge in [-0.2, -0.15) is 0 Å². The first kappa shape index (κ1) is 32.0. The number of carbonyl (C=O) groups is 1. The predicted octanol–water partition coefficient (Wildman–Crippen LogP) is -0.470. The van der Waals surface area contributed by atoms with Crippen molar-refractivity contribution in [1.29, 1.82) is 0 Å². The number of aliphatic hydroxyl groups excluding tert-OH is 6. The summed E-state index contributed by atoms with van der Waals surface area (Å²) in [6, 6.07) is 12.5. The Morgan fingerprint density at radius 1 is 0.930 bits per heavy atom. The highest BCUT2D eigenvalue weighted by atomic mass is 35.5. The highest BCUT2D eigenvalue weighted by Gasteiger charge is 2.52. The van der Waals surface area contributed by atoms with Gasteiger partial charge in [0.2, 0.25) is 0 Å². The third-order valence-electron chi connectivity index (χ3n) is 7.88. The third-order valence-corrected chi connectivity index (χ3v) is 8.25. The largest absolute Gasteiger partial charge is 0.488 e. The van der Waals surface area contributed by atoms with Crippen LogP contribution in [0.25, 0.3) is 0 Å². The molecule has 2 aromatic rings. The molecule has 0 saturated carbocycles. The first-order valence-electron chi connectivity index (χ1n) is 13.9. The Labute approximate surface area is 251 Å². The molecule has 0 unspecified atom stereocenters. The summed E-state index contributed by atoms with van der Waals surface area (Å²) < 4.78 is 27.9. The first-order valence-corrected chi connectivity index (χ1v) is 14.3. The Hall–Kier alpha value is -2.40. The third kappa shape index (κ3) is 6.97. The molecule has 5 rings (SSSR count). The molecule has 0 amide bonds. The second-order valence-electron chi connectivity index (χ2n) is 10.9. The van der Waals surface area contributed by atoms with Crippen LogP contribution in [0.2, 0.25) is 5.02 Å². The second kappa shape index (κ2) is 13.7. The molecule has 0 aromatic heterocycles. The van der Waals surface area contributed by atoms with Crippen LogP contribution in [0, 0.1) is 0 Å². The Balaban J connectivity index is 1.33. The van der Waals surface area contributed by atoms with Crippen molar-refractivity contribution in [1.82, 2.24) is 0 Å². The van der Waals surface area contributed by atoms with E-state index in [1.807, 2.05) is 24.3 Å². The molecule has 7 N–H and O–H groups in total. The van der Waals surface area contributed by atoms with Gasteiger partial charge in [-0.25, -0.2) is 4.79 Å². The zero-order valence-corrected chi connectivity index (χ0v) is 23.6. The lowest BCUT2D eigenvalue weighted by Crippen LogP contribution is -2.64. The van der Waals surface area contributed by atoms with E-state index in [0.29, 0.717) is 35.8 Å². The number of rotatable bonds is 9. The summed E-state index contributed by atoms with van der Waals surface area (Å²) in [6.07, 6.45) is -15.5. The van der Waals surface area contributed by atoms with Crippen LogP contribution in [0.1, 0.15) is 29.2 Å². The number of carboxylic acid groups (broad SMARTS) is 1. The molecule has 11 atom stereocenters. The lowest BCUT2D eigenvalue weighted by Gasteiger charge is -2.46. The van der Waals surface area contributed by atoms with Gasteiger partial charge in [0.1, 0.15) is 60.7 Å². The summed E-state index contributed by atoms with van der Waals surface area (Å²) in [7, 11) is 0. The molecule has 0 aliphatic carbocycles. The van der Waals surface area contributed by atoms with E-state index in [2.05, 4.69) is 0 Å². The molecule has 0 bridgehead atoms. The highest BCUT2D eigenvalue weighted by molar-refractivity contribution is 6.31. The lowest BCUT2D eigenvalue weighted by molar-refractivity contribution is -0.337. The number of halogens is 1. The molecule has 3 fully saturated rings. The molecule has 0 spiro atoms. The van der Waals surface area contributed by atoms with Gasteiger partial charge in [-0.3, -0.25) is 0 Å². The maximum atomic E-state index is 11.5. The summed E-state index contributed by atoms with van der Waals surface area (Å²) in [4.78, 5) is 11.5. The van der Waals surface area contributed by atoms with Crippen LogP contribution in [0.4, 0.5) is 0 Å². The molecule has 3 heterocycles. The van der Waals surface area contributed by atoms with Crippen molar-refractivity contribution in [2.24, 2.45) is 0 Å². The van der Waals surface area contributed by atoms with Crippen molar-refractivity contribution in [2.45, 2.75) is 80.2 Å². The maximum Gasteiger partial charge on any atom is 0.335 e. The van der Waals surface area contributed by atoms with Gasteiger partial charge < -0.3 is 59.4 Å². The summed E-state index contributed by atoms with van der Waals surface area (Å²) >= 11 is 6.50. The van der Waals surface area contributed by atoms with Crippen LogP contribution in [0.15, 0.2) is 42.5 Å². The summed E-state index contributed by atoms with van der Waals surface area (Å²) in [6.45, 7) is 0.567. The van der Waals surface area contributed by atoms with Gasteiger partial charge in [-0.05, 0) is 41.3 Å². The Morgan fingerprint density at radius 2 is 1.67 bits per heavy atom. The van der Waals surface area contributed by atoms with E-state index in [0.717, 1.165) is 17.7 Å². The number of hydrogen-bond acceptors (Lipinski definition) is 12. The molecule has 3 aliphatic heterocycles. The number of carboxylic acids is 1. The average molecular weight is 627 g/mol. The zero-order chi connectivity index (χ0) is 30.8. The Bertz CT molecular complexity index is 1240. The van der Waals surface area contributed by atoms with Crippen molar-refractivity contribution in [3.63, 3.8) is 0 Å². The van der Waals surface area contributed by atoms with Gasteiger partial charge in [0, 0.05) is 11.4 Å². The van der Waals surface area contributed by atoms with Crippen molar-refractivity contribution in [3.05, 3.63) is 64.2 Å². The molecule has 3 saturated heterocycles. The first-order chi connectivity index (χ1) is 20.6. The number of ether oxygens (including phenoxy) is 5. The fraction of sp³-hybridized carbons (Fsp3) is 0.552. The van der Waals surface area contributed by atoms with E-state index >= 15 is 0 Å². The number of benzene rings is 2. The topological polar surface area (TPSA) is 205 Å². The number of hydrogen-bond donors (Lipinski definition) is 7. The summed E-state index contributed by atoms with van der Waals surface area (Å²) in [5, 5.41) is 72.2. The van der Waals surface area contributed by atoms with Gasteiger partial charge in [-0.15, -0.1) is 0 Å². The van der Waals surface area contributed by atoms with Crippen LogP contribution >= 0.6 is 11.6 Å². The zero-order valence-electron chi connectivity index (χ0n) is 22.9. The molecule has 13 nitrogen and oxygen atoms in total. The van der Waals surface area contributed by atoms with Crippen LogP contribution < -0.4 is 4.74 Å². The van der Waals surface area contributed by atoms with E-state index < -0.39 is 73.8 Å². The molecule has 14 heteroatoms. The lowest BCUT2D eigenvalue weighted by atomic mass is 9.89. The molecule has 43 heavy (non-hydrogen) atoms. The SMILES string of the molecule is O=C(O)[C@H]1O[C@@H](O[C@@H]2[C@@H](O)[C@H](c3ccc(Cl)c(Cc4ccc(O[C@H]5CCOC5)cc4)c3)O[C@H](CO)[C@H]2O)[C@H](O)[C@@H](O)[C@@H]1O. The maximum absolute atomic E-state index is 11.5. The summed E-state index contributed by atoms with van der Waals surface area (Å²) in [5.74, 6) is -0.897. The minimum Gasteiger partial charge on any atom is -0.488 e. The Morgan fingerprint density at radius 3 is 2.33 bits per heavy atom. The van der Waals surface area contributed by atoms with Crippen molar-refractivity contribution >= 4 is 17.6 Å². The Kier molecular flexibility index (Phi) is 10.2. The van der Waals surface area contributed by atoms with Crippen LogP contribution in [-0.4, -0.2) is 123 Å². The molecular weight excluding hydrogens is 592 g/mol. The van der Waals surface area contributed by atoms with Crippen LogP contribution in [-0.2, 0) is 30.2 Å². The van der Waals surface area contributed by atoms with Crippen molar-refractivity contribution in [3.8, 4) is 5.75 Å². The van der Waals surface area contributed by atoms with E-state index in [9.17, 15) is 40.5 Å². The smallest absolute Gasteiger partial charge is 0.335 e. The van der Waals surface area contributed by atoms with E-state index in [1.165, 1.54) is 0 Å². The van der Waals surface area contributed by atoms with Crippen molar-refractivity contribution in [2.75, 3.05) is 19.8 Å². The van der Waals surface area contributed by atoms with E-state index in [4.69, 9.17) is 35.3 Å². The van der Waals surface area contributed by atoms with Crippen molar-refractivity contribution < 1.29 is 64.2 Å². The molecule has 0 radical (unpaired) electrons. The van der Waals surface area contributed by atoms with E-state index in [1.54, 1.807) is 18.2 Å². The average Bonchev–Trinajstić information content (AvgIpc) is 3.50. The minimum absolute atomic E-state index is 0.0242. The van der Waals surface area contributed by atoms with Crippen LogP contribution in [0.3, 0.4) is 0 Å². The molecule has 2 aromatic carbocycles. The molecular formula is C29H35ClO13. The quantitative estimate of drug-likeness (QED) is 0.188. The predicted molar refractivity (Wildman–Crippen MR) is 146 cm³/mol. The highest BCUT2D eigenvalue weighted by Crippen LogP contribution is 2.37. The molecule has 3 aliphatic rings. The second-order valence-corrected chi connectivity index (χ2v) is 11.3. The van der Waals surface area contributed by atoms with Gasteiger partial charge in [0.05, 0.1) is 19.8 Å². The van der Waals surface area contributed by atoms with Gasteiger partial charge >= 0.3 is 5.97 Å². The van der Waals surface area contributed by atoms with E-state index in [-0.39, 0.29) is 6.10 Å². The number of aliphatic carboxylic acids is 1. The normalized spacial score (nSPS) is 36.4. The fourth-order valence-electron chi connectivity index (χ4n) is 5.45. The van der Waals surface area contributed by atoms with Gasteiger partial charge in [0.15, 0.2) is 12.4 Å².